The molecule has 1 rings (SSSR count). The van der Waals surface area contributed by atoms with Crippen LogP contribution in [0.3, 0.4) is 0 Å². The average molecular weight is 293 g/mol. The van der Waals surface area contributed by atoms with Crippen LogP contribution in [0.5, 0.6) is 0 Å². The summed E-state index contributed by atoms with van der Waals surface area (Å²) < 4.78 is 0. The van der Waals surface area contributed by atoms with Crippen molar-refractivity contribution in [1.29, 1.82) is 0 Å². The molecule has 21 heavy (non-hydrogen) atoms. The van der Waals surface area contributed by atoms with E-state index in [0.29, 0.717) is 5.92 Å². The van der Waals surface area contributed by atoms with Gasteiger partial charge in [0, 0.05) is 26.0 Å². The van der Waals surface area contributed by atoms with Gasteiger partial charge in [-0.1, -0.05) is 27.7 Å². The van der Waals surface area contributed by atoms with Crippen LogP contribution in [0.1, 0.15) is 53.9 Å². The van der Waals surface area contributed by atoms with Gasteiger partial charge in [-0.25, -0.2) is 0 Å². The summed E-state index contributed by atoms with van der Waals surface area (Å²) in [5.41, 5.74) is 1.38. The van der Waals surface area contributed by atoms with E-state index in [9.17, 15) is 0 Å². The lowest BCUT2D eigenvalue weighted by atomic mass is 9.86. The predicted molar refractivity (Wildman–Crippen MR) is 93.5 cm³/mol. The summed E-state index contributed by atoms with van der Waals surface area (Å²) in [6, 6.07) is 0. The van der Waals surface area contributed by atoms with Crippen molar-refractivity contribution in [3.63, 3.8) is 0 Å². The Balaban J connectivity index is 2.39. The van der Waals surface area contributed by atoms with Crippen LogP contribution in [-0.4, -0.2) is 42.8 Å². The summed E-state index contributed by atoms with van der Waals surface area (Å²) in [5, 5.41) is 6.11. The smallest absolute Gasteiger partial charge is 0.0411 e. The molecule has 0 atom stereocenters. The van der Waals surface area contributed by atoms with Gasteiger partial charge in [0.15, 0.2) is 0 Å². The zero-order valence-electron chi connectivity index (χ0n) is 14.8. The van der Waals surface area contributed by atoms with Crippen molar-refractivity contribution in [2.24, 2.45) is 22.9 Å². The largest absolute Gasteiger partial charge is 0.299 e. The molecule has 0 amide bonds. The van der Waals surface area contributed by atoms with Gasteiger partial charge in [-0.15, -0.1) is 0 Å². The van der Waals surface area contributed by atoms with Crippen LogP contribution < -0.4 is 0 Å². The Hall–Kier alpha value is -0.830. The van der Waals surface area contributed by atoms with E-state index < -0.39 is 0 Å². The monoisotopic (exact) mass is 293 g/mol. The summed E-state index contributed by atoms with van der Waals surface area (Å²) in [6.45, 7) is 19.6. The molecule has 0 N–H and O–H groups in total. The lowest BCUT2D eigenvalue weighted by Crippen LogP contribution is -2.36. The molecule has 0 radical (unpaired) electrons. The van der Waals surface area contributed by atoms with Crippen LogP contribution in [0.4, 0.5) is 0 Å². The van der Waals surface area contributed by atoms with Crippen LogP contribution in [0.15, 0.2) is 16.9 Å². The number of piperidine rings is 1. The van der Waals surface area contributed by atoms with Crippen LogP contribution in [0.2, 0.25) is 0 Å². The van der Waals surface area contributed by atoms with E-state index in [-0.39, 0.29) is 0 Å². The molecule has 3 heteroatoms. The lowest BCUT2D eigenvalue weighted by Gasteiger charge is -2.34. The third-order valence-electron chi connectivity index (χ3n) is 4.53. The first-order valence-corrected chi connectivity index (χ1v) is 8.55. The second-order valence-corrected chi connectivity index (χ2v) is 7.32. The van der Waals surface area contributed by atoms with Crippen molar-refractivity contribution in [1.82, 2.24) is 9.91 Å². The molecule has 1 aliphatic heterocycles. The third kappa shape index (κ3) is 7.12. The molecule has 1 aliphatic rings. The Labute approximate surface area is 132 Å². The first-order valence-electron chi connectivity index (χ1n) is 8.55. The second kappa shape index (κ2) is 9.24. The number of hydrazone groups is 1. The van der Waals surface area contributed by atoms with Crippen molar-refractivity contribution >= 4 is 6.72 Å². The minimum atomic E-state index is 0.706. The number of hydrogen-bond donors (Lipinski definition) is 0. The summed E-state index contributed by atoms with van der Waals surface area (Å²) in [5.74, 6) is 2.46. The van der Waals surface area contributed by atoms with Crippen LogP contribution >= 0.6 is 0 Å². The molecule has 1 heterocycles. The summed E-state index contributed by atoms with van der Waals surface area (Å²) in [7, 11) is 0. The van der Waals surface area contributed by atoms with Gasteiger partial charge in [0.1, 0.15) is 0 Å². The van der Waals surface area contributed by atoms with E-state index >= 15 is 0 Å². The Morgan fingerprint density at radius 2 is 1.90 bits per heavy atom. The van der Waals surface area contributed by atoms with Crippen molar-refractivity contribution in [3.05, 3.63) is 11.8 Å². The topological polar surface area (TPSA) is 18.8 Å². The molecule has 0 aromatic heterocycles. The summed E-state index contributed by atoms with van der Waals surface area (Å²) >= 11 is 0. The molecule has 1 fully saturated rings. The molecule has 1 saturated heterocycles. The predicted octanol–water partition coefficient (Wildman–Crippen LogP) is 4.22. The summed E-state index contributed by atoms with van der Waals surface area (Å²) in [4.78, 5) is 2.58. The van der Waals surface area contributed by atoms with Gasteiger partial charge < -0.3 is 0 Å². The Morgan fingerprint density at radius 1 is 1.29 bits per heavy atom. The molecule has 0 spiro atoms. The fourth-order valence-electron chi connectivity index (χ4n) is 2.99. The Morgan fingerprint density at radius 3 is 2.38 bits per heavy atom. The second-order valence-electron chi connectivity index (χ2n) is 7.32. The first kappa shape index (κ1) is 18.2. The highest BCUT2D eigenvalue weighted by atomic mass is 15.4. The maximum Gasteiger partial charge on any atom is 0.0411 e. The molecule has 0 unspecified atom stereocenters. The number of nitrogens with zero attached hydrogens (tertiary/aromatic N) is 3. The molecule has 0 saturated carbocycles. The van der Waals surface area contributed by atoms with Crippen LogP contribution in [0, 0.1) is 17.8 Å². The first-order chi connectivity index (χ1) is 9.92. The fourth-order valence-corrected chi connectivity index (χ4v) is 2.99. The highest BCUT2D eigenvalue weighted by molar-refractivity contribution is 5.23. The van der Waals surface area contributed by atoms with E-state index in [2.05, 4.69) is 57.5 Å². The molecular formula is C18H35N3. The van der Waals surface area contributed by atoms with Crippen molar-refractivity contribution in [2.45, 2.75) is 53.9 Å². The fraction of sp³-hybridized carbons (Fsp3) is 0.833. The lowest BCUT2D eigenvalue weighted by molar-refractivity contribution is 0.167. The van der Waals surface area contributed by atoms with Crippen molar-refractivity contribution in [3.8, 4) is 0 Å². The maximum absolute atomic E-state index is 4.12. The van der Waals surface area contributed by atoms with Gasteiger partial charge in [0.25, 0.3) is 0 Å². The molecule has 122 valence electrons. The highest BCUT2D eigenvalue weighted by Gasteiger charge is 2.21. The van der Waals surface area contributed by atoms with Gasteiger partial charge in [0.05, 0.1) is 0 Å². The van der Waals surface area contributed by atoms with Gasteiger partial charge >= 0.3 is 0 Å². The van der Waals surface area contributed by atoms with Crippen molar-refractivity contribution < 1.29 is 0 Å². The third-order valence-corrected chi connectivity index (χ3v) is 4.53. The minimum absolute atomic E-state index is 0.706. The van der Waals surface area contributed by atoms with Gasteiger partial charge in [-0.3, -0.25) is 9.91 Å². The van der Waals surface area contributed by atoms with E-state index in [0.717, 1.165) is 31.3 Å². The zero-order chi connectivity index (χ0) is 15.8. The van der Waals surface area contributed by atoms with Crippen molar-refractivity contribution in [2.75, 3.05) is 26.2 Å². The Kier molecular flexibility index (Phi) is 8.02. The standard InChI is InChI=1S/C18H35N3/c1-15(2)7-12-21(19-6)14-17(5)13-20-10-8-18(9-11-20)16(3)4/h14-16,18H,6-13H2,1-5H3/b17-14+. The summed E-state index contributed by atoms with van der Waals surface area (Å²) in [6.07, 6.45) is 6.02. The van der Waals surface area contributed by atoms with Crippen LogP contribution in [0.25, 0.3) is 0 Å². The van der Waals surface area contributed by atoms with Crippen LogP contribution in [-0.2, 0) is 0 Å². The minimum Gasteiger partial charge on any atom is -0.299 e. The van der Waals surface area contributed by atoms with E-state index in [1.54, 1.807) is 0 Å². The van der Waals surface area contributed by atoms with Gasteiger partial charge in [0.2, 0.25) is 0 Å². The van der Waals surface area contributed by atoms with E-state index in [1.165, 1.54) is 31.5 Å². The molecular weight excluding hydrogens is 258 g/mol. The number of hydrogen-bond acceptors (Lipinski definition) is 3. The van der Waals surface area contributed by atoms with E-state index in [4.69, 9.17) is 0 Å². The zero-order valence-corrected chi connectivity index (χ0v) is 14.8. The average Bonchev–Trinajstić information content (AvgIpc) is 2.43. The molecule has 0 bridgehead atoms. The molecule has 0 aliphatic carbocycles. The SMILES string of the molecule is C=NN(/C=C(\C)CN1CCC(C(C)C)CC1)CCC(C)C. The quantitative estimate of drug-likeness (QED) is 0.493. The highest BCUT2D eigenvalue weighted by Crippen LogP contribution is 2.24. The number of rotatable bonds is 8. The van der Waals surface area contributed by atoms with Gasteiger partial charge in [-0.05, 0) is 62.6 Å². The Bertz CT molecular complexity index is 325. The molecule has 0 aromatic carbocycles. The van der Waals surface area contributed by atoms with Gasteiger partial charge in [-0.2, -0.15) is 5.10 Å². The molecule has 0 aromatic rings. The normalized spacial score (nSPS) is 18.5. The molecule has 3 nitrogen and oxygen atoms in total. The van der Waals surface area contributed by atoms with E-state index in [1.807, 2.05) is 5.01 Å². The number of likely N-dealkylation sites (tertiary alicyclic amines) is 1. The maximum atomic E-state index is 4.12.